The number of nitrogens with zero attached hydrogens (tertiary/aromatic N) is 2. The lowest BCUT2D eigenvalue weighted by atomic mass is 10.0. The molecule has 4 heteroatoms. The van der Waals surface area contributed by atoms with Crippen molar-refractivity contribution in [1.29, 1.82) is 0 Å². The van der Waals surface area contributed by atoms with Crippen LogP contribution in [0, 0.1) is 6.92 Å². The minimum atomic E-state index is -0.616. The summed E-state index contributed by atoms with van der Waals surface area (Å²) in [5.41, 5.74) is 3.01. The highest BCUT2D eigenvalue weighted by atomic mass is 16.5. The van der Waals surface area contributed by atoms with Crippen LogP contribution in [0.2, 0.25) is 0 Å². The third-order valence-electron chi connectivity index (χ3n) is 3.03. The number of hydrogen-bond acceptors (Lipinski definition) is 3. The molecule has 0 bridgehead atoms. The van der Waals surface area contributed by atoms with E-state index in [1.54, 1.807) is 25.0 Å². The standard InChI is InChI=1S/C14H18N2O2/c1-10-4-6-11(7-5-10)8-12(17)14-13(18-3)9-15-16(14)2/h4-7,9,12,17H,8H2,1-3H3. The first-order valence-electron chi connectivity index (χ1n) is 5.91. The van der Waals surface area contributed by atoms with Crippen LogP contribution in [0.1, 0.15) is 22.9 Å². The van der Waals surface area contributed by atoms with Crippen LogP contribution in [0.5, 0.6) is 5.75 Å². The maximum absolute atomic E-state index is 10.3. The van der Waals surface area contributed by atoms with E-state index in [1.807, 2.05) is 31.2 Å². The molecule has 0 fully saturated rings. The molecule has 2 rings (SSSR count). The molecule has 1 aromatic heterocycles. The van der Waals surface area contributed by atoms with Crippen molar-refractivity contribution >= 4 is 0 Å². The summed E-state index contributed by atoms with van der Waals surface area (Å²) in [7, 11) is 3.38. The molecular weight excluding hydrogens is 228 g/mol. The van der Waals surface area contributed by atoms with E-state index in [2.05, 4.69) is 5.10 Å². The fourth-order valence-corrected chi connectivity index (χ4v) is 2.01. The summed E-state index contributed by atoms with van der Waals surface area (Å²) >= 11 is 0. The van der Waals surface area contributed by atoms with E-state index in [9.17, 15) is 5.11 Å². The van der Waals surface area contributed by atoms with Crippen LogP contribution in [-0.2, 0) is 13.5 Å². The Balaban J connectivity index is 2.18. The second kappa shape index (κ2) is 5.23. The summed E-state index contributed by atoms with van der Waals surface area (Å²) in [6, 6.07) is 8.15. The van der Waals surface area contributed by atoms with Crippen LogP contribution in [0.4, 0.5) is 0 Å². The van der Waals surface area contributed by atoms with Crippen molar-refractivity contribution in [2.75, 3.05) is 7.11 Å². The zero-order valence-corrected chi connectivity index (χ0v) is 10.9. The van der Waals surface area contributed by atoms with Gasteiger partial charge in [-0.15, -0.1) is 0 Å². The predicted molar refractivity (Wildman–Crippen MR) is 69.6 cm³/mol. The molecule has 1 heterocycles. The maximum atomic E-state index is 10.3. The van der Waals surface area contributed by atoms with E-state index in [0.717, 1.165) is 5.56 Å². The van der Waals surface area contributed by atoms with Crippen LogP contribution in [0.3, 0.4) is 0 Å². The Morgan fingerprint density at radius 2 is 2.00 bits per heavy atom. The van der Waals surface area contributed by atoms with Gasteiger partial charge in [0.1, 0.15) is 11.8 Å². The molecule has 2 aromatic rings. The number of ether oxygens (including phenoxy) is 1. The van der Waals surface area contributed by atoms with Gasteiger partial charge in [0.25, 0.3) is 0 Å². The Bertz CT molecular complexity index is 517. The highest BCUT2D eigenvalue weighted by molar-refractivity contribution is 5.29. The molecule has 1 unspecified atom stereocenters. The Hall–Kier alpha value is -1.81. The molecule has 0 saturated heterocycles. The fraction of sp³-hybridized carbons (Fsp3) is 0.357. The third-order valence-corrected chi connectivity index (χ3v) is 3.03. The molecule has 0 saturated carbocycles. The number of aliphatic hydroxyl groups excluding tert-OH is 1. The van der Waals surface area contributed by atoms with E-state index < -0.39 is 6.10 Å². The number of aromatic nitrogens is 2. The van der Waals surface area contributed by atoms with Crippen molar-refractivity contribution in [3.63, 3.8) is 0 Å². The largest absolute Gasteiger partial charge is 0.493 e. The Labute approximate surface area is 107 Å². The molecule has 4 nitrogen and oxygen atoms in total. The first kappa shape index (κ1) is 12.6. The van der Waals surface area contributed by atoms with Crippen LogP contribution in [-0.4, -0.2) is 22.0 Å². The van der Waals surface area contributed by atoms with E-state index in [0.29, 0.717) is 17.9 Å². The van der Waals surface area contributed by atoms with Gasteiger partial charge in [0, 0.05) is 13.5 Å². The third kappa shape index (κ3) is 2.54. The van der Waals surface area contributed by atoms with Gasteiger partial charge in [-0.1, -0.05) is 29.8 Å². The van der Waals surface area contributed by atoms with Gasteiger partial charge in [0.15, 0.2) is 5.75 Å². The minimum Gasteiger partial charge on any atom is -0.493 e. The first-order chi connectivity index (χ1) is 8.61. The minimum absolute atomic E-state index is 0.552. The number of benzene rings is 1. The average Bonchev–Trinajstić information content (AvgIpc) is 2.73. The van der Waals surface area contributed by atoms with E-state index >= 15 is 0 Å². The quantitative estimate of drug-likeness (QED) is 0.897. The van der Waals surface area contributed by atoms with Gasteiger partial charge < -0.3 is 9.84 Å². The molecule has 0 radical (unpaired) electrons. The van der Waals surface area contributed by atoms with Gasteiger partial charge in [0.05, 0.1) is 13.3 Å². The lowest BCUT2D eigenvalue weighted by Gasteiger charge is -2.13. The molecule has 96 valence electrons. The summed E-state index contributed by atoms with van der Waals surface area (Å²) in [5, 5.41) is 14.4. The van der Waals surface area contributed by atoms with Crippen LogP contribution < -0.4 is 4.74 Å². The summed E-state index contributed by atoms with van der Waals surface area (Å²) in [6.07, 6.45) is 1.55. The number of aryl methyl sites for hydroxylation is 2. The summed E-state index contributed by atoms with van der Waals surface area (Å²) in [4.78, 5) is 0. The molecule has 0 amide bonds. The highest BCUT2D eigenvalue weighted by Crippen LogP contribution is 2.26. The number of methoxy groups -OCH3 is 1. The second-order valence-corrected chi connectivity index (χ2v) is 4.43. The fourth-order valence-electron chi connectivity index (χ4n) is 2.01. The molecule has 0 aliphatic heterocycles. The van der Waals surface area contributed by atoms with Crippen LogP contribution >= 0.6 is 0 Å². The molecule has 0 aliphatic rings. The molecular formula is C14H18N2O2. The van der Waals surface area contributed by atoms with Crippen molar-refractivity contribution in [2.45, 2.75) is 19.4 Å². The highest BCUT2D eigenvalue weighted by Gasteiger charge is 2.18. The van der Waals surface area contributed by atoms with Crippen molar-refractivity contribution in [1.82, 2.24) is 9.78 Å². The van der Waals surface area contributed by atoms with E-state index in [4.69, 9.17) is 4.74 Å². The summed E-state index contributed by atoms with van der Waals surface area (Å²) < 4.78 is 6.85. The van der Waals surface area contributed by atoms with Gasteiger partial charge in [0.2, 0.25) is 0 Å². The maximum Gasteiger partial charge on any atom is 0.162 e. The second-order valence-electron chi connectivity index (χ2n) is 4.43. The Morgan fingerprint density at radius 1 is 1.33 bits per heavy atom. The summed E-state index contributed by atoms with van der Waals surface area (Å²) in [6.45, 7) is 2.05. The molecule has 18 heavy (non-hydrogen) atoms. The van der Waals surface area contributed by atoms with Crippen LogP contribution in [0.15, 0.2) is 30.5 Å². The van der Waals surface area contributed by atoms with Crippen molar-refractivity contribution < 1.29 is 9.84 Å². The average molecular weight is 246 g/mol. The van der Waals surface area contributed by atoms with Gasteiger partial charge in [-0.2, -0.15) is 5.10 Å². The molecule has 0 spiro atoms. The first-order valence-corrected chi connectivity index (χ1v) is 5.91. The Morgan fingerprint density at radius 3 is 2.61 bits per heavy atom. The number of hydrogen-bond donors (Lipinski definition) is 1. The topological polar surface area (TPSA) is 47.3 Å². The van der Waals surface area contributed by atoms with E-state index in [-0.39, 0.29) is 0 Å². The smallest absolute Gasteiger partial charge is 0.162 e. The predicted octanol–water partition coefficient (Wildman–Crippen LogP) is 2.01. The van der Waals surface area contributed by atoms with Crippen molar-refractivity contribution in [3.05, 3.63) is 47.3 Å². The molecule has 1 aromatic carbocycles. The summed E-state index contributed by atoms with van der Waals surface area (Å²) in [5.74, 6) is 0.622. The lowest BCUT2D eigenvalue weighted by Crippen LogP contribution is -2.09. The van der Waals surface area contributed by atoms with Crippen LogP contribution in [0.25, 0.3) is 0 Å². The SMILES string of the molecule is COc1cnn(C)c1C(O)Cc1ccc(C)cc1. The zero-order valence-electron chi connectivity index (χ0n) is 10.9. The molecule has 1 N–H and O–H groups in total. The van der Waals surface area contributed by atoms with E-state index in [1.165, 1.54) is 5.56 Å². The molecule has 0 aliphatic carbocycles. The lowest BCUT2D eigenvalue weighted by molar-refractivity contribution is 0.164. The Kier molecular flexibility index (Phi) is 3.67. The van der Waals surface area contributed by atoms with Gasteiger partial charge >= 0.3 is 0 Å². The number of aliphatic hydroxyl groups is 1. The normalized spacial score (nSPS) is 12.4. The van der Waals surface area contributed by atoms with Gasteiger partial charge in [-0.3, -0.25) is 4.68 Å². The van der Waals surface area contributed by atoms with Gasteiger partial charge in [-0.25, -0.2) is 0 Å². The van der Waals surface area contributed by atoms with Gasteiger partial charge in [-0.05, 0) is 12.5 Å². The monoisotopic (exact) mass is 246 g/mol. The molecule has 1 atom stereocenters. The van der Waals surface area contributed by atoms with Crippen molar-refractivity contribution in [3.8, 4) is 5.75 Å². The zero-order chi connectivity index (χ0) is 13.1. The van der Waals surface area contributed by atoms with Crippen molar-refractivity contribution in [2.24, 2.45) is 7.05 Å². The number of rotatable bonds is 4.